The average Bonchev–Trinajstić information content (AvgIpc) is 2.69. The maximum Gasteiger partial charge on any atom is 0.461 e. The summed E-state index contributed by atoms with van der Waals surface area (Å²) in [5.41, 5.74) is -0.903. The van der Waals surface area contributed by atoms with Gasteiger partial charge in [0.1, 0.15) is 0 Å². The summed E-state index contributed by atoms with van der Waals surface area (Å²) in [5, 5.41) is 3.57. The molecule has 0 amide bonds. The first kappa shape index (κ1) is 15.4. The van der Waals surface area contributed by atoms with Crippen molar-refractivity contribution in [3.05, 3.63) is 11.9 Å². The Morgan fingerprint density at radius 3 is 2.21 bits per heavy atom. The van der Waals surface area contributed by atoms with Crippen LogP contribution in [0.2, 0.25) is 0 Å². The SMILES string of the molecule is COc1cnn(C(C)C)c1C(=O)C(F)(F)C(F)(F)F. The number of carbonyl (C=O) groups excluding carboxylic acids is 1. The maximum absolute atomic E-state index is 13.1. The largest absolute Gasteiger partial charge is 0.493 e. The number of halogens is 5. The molecule has 0 aliphatic rings. The number of hydrogen-bond acceptors (Lipinski definition) is 3. The summed E-state index contributed by atoms with van der Waals surface area (Å²) in [4.78, 5) is 11.5. The predicted molar refractivity (Wildman–Crippen MR) is 54.5 cm³/mol. The number of methoxy groups -OCH3 is 1. The van der Waals surface area contributed by atoms with Crippen LogP contribution >= 0.6 is 0 Å². The van der Waals surface area contributed by atoms with E-state index in [2.05, 4.69) is 9.84 Å². The van der Waals surface area contributed by atoms with Gasteiger partial charge in [-0.2, -0.15) is 27.1 Å². The highest BCUT2D eigenvalue weighted by atomic mass is 19.4. The third-order valence-electron chi connectivity index (χ3n) is 2.33. The molecule has 1 aromatic heterocycles. The monoisotopic (exact) mass is 286 g/mol. The quantitative estimate of drug-likeness (QED) is 0.631. The van der Waals surface area contributed by atoms with E-state index in [0.29, 0.717) is 0 Å². The van der Waals surface area contributed by atoms with Crippen LogP contribution in [0.25, 0.3) is 0 Å². The summed E-state index contributed by atoms with van der Waals surface area (Å²) in [5.74, 6) is -8.31. The fourth-order valence-electron chi connectivity index (χ4n) is 1.38. The smallest absolute Gasteiger partial charge is 0.461 e. The van der Waals surface area contributed by atoms with E-state index in [-0.39, 0.29) is 0 Å². The van der Waals surface area contributed by atoms with Crippen LogP contribution in [0.4, 0.5) is 22.0 Å². The molecule has 0 atom stereocenters. The number of carbonyl (C=O) groups is 1. The van der Waals surface area contributed by atoms with Gasteiger partial charge < -0.3 is 4.74 Å². The highest BCUT2D eigenvalue weighted by molar-refractivity contribution is 6.02. The lowest BCUT2D eigenvalue weighted by molar-refractivity contribution is -0.256. The topological polar surface area (TPSA) is 44.1 Å². The van der Waals surface area contributed by atoms with Crippen molar-refractivity contribution in [3.63, 3.8) is 0 Å². The van der Waals surface area contributed by atoms with Crippen molar-refractivity contribution in [3.8, 4) is 5.75 Å². The zero-order chi connectivity index (χ0) is 15.0. The fraction of sp³-hybridized carbons (Fsp3) is 0.600. The first-order valence-electron chi connectivity index (χ1n) is 5.14. The average molecular weight is 286 g/mol. The van der Waals surface area contributed by atoms with Crippen LogP contribution in [0.1, 0.15) is 30.4 Å². The Hall–Kier alpha value is -1.67. The van der Waals surface area contributed by atoms with Crippen LogP contribution < -0.4 is 4.74 Å². The van der Waals surface area contributed by atoms with Crippen molar-refractivity contribution < 1.29 is 31.5 Å². The van der Waals surface area contributed by atoms with Crippen LogP contribution in [-0.2, 0) is 0 Å². The third-order valence-corrected chi connectivity index (χ3v) is 2.33. The zero-order valence-corrected chi connectivity index (χ0v) is 10.3. The van der Waals surface area contributed by atoms with Gasteiger partial charge in [0.25, 0.3) is 5.78 Å². The maximum atomic E-state index is 13.1. The Kier molecular flexibility index (Phi) is 3.87. The Labute approximate surface area is 105 Å². The van der Waals surface area contributed by atoms with Crippen molar-refractivity contribution in [1.29, 1.82) is 0 Å². The van der Waals surface area contributed by atoms with Gasteiger partial charge in [-0.1, -0.05) is 0 Å². The summed E-state index contributed by atoms with van der Waals surface area (Å²) in [7, 11) is 1.05. The molecule has 1 rings (SSSR count). The number of ether oxygens (including phenoxy) is 1. The Bertz CT molecular complexity index is 479. The van der Waals surface area contributed by atoms with Gasteiger partial charge in [0, 0.05) is 6.04 Å². The first-order valence-corrected chi connectivity index (χ1v) is 5.14. The van der Waals surface area contributed by atoms with E-state index in [1.807, 2.05) is 0 Å². The van der Waals surface area contributed by atoms with Crippen molar-refractivity contribution in [1.82, 2.24) is 9.78 Å². The normalized spacial score (nSPS) is 12.9. The lowest BCUT2D eigenvalue weighted by atomic mass is 10.1. The molecule has 0 fully saturated rings. The predicted octanol–water partition coefficient (Wildman–Crippen LogP) is 2.85. The van der Waals surface area contributed by atoms with E-state index in [0.717, 1.165) is 18.0 Å². The highest BCUT2D eigenvalue weighted by Crippen LogP contribution is 2.39. The van der Waals surface area contributed by atoms with Gasteiger partial charge in [0.15, 0.2) is 11.4 Å². The number of Topliss-reactive ketones (excluding diaryl/α,β-unsaturated/α-hetero) is 1. The molecular formula is C10H11F5N2O2. The molecule has 0 aliphatic carbocycles. The van der Waals surface area contributed by atoms with Gasteiger partial charge in [-0.25, -0.2) is 0 Å². The number of nitrogens with zero attached hydrogens (tertiary/aromatic N) is 2. The first-order chi connectivity index (χ1) is 8.54. The molecule has 0 unspecified atom stereocenters. The van der Waals surface area contributed by atoms with Crippen LogP contribution in [0.5, 0.6) is 5.75 Å². The highest BCUT2D eigenvalue weighted by Gasteiger charge is 2.64. The minimum atomic E-state index is -5.97. The van der Waals surface area contributed by atoms with E-state index >= 15 is 0 Å². The lowest BCUT2D eigenvalue weighted by Gasteiger charge is -2.20. The molecule has 0 saturated carbocycles. The number of hydrogen-bond donors (Lipinski definition) is 0. The molecule has 9 heteroatoms. The van der Waals surface area contributed by atoms with Gasteiger partial charge in [-0.05, 0) is 13.8 Å². The summed E-state index contributed by atoms with van der Waals surface area (Å²) < 4.78 is 68.1. The van der Waals surface area contributed by atoms with Gasteiger partial charge in [0.2, 0.25) is 0 Å². The van der Waals surface area contributed by atoms with E-state index < -0.39 is 35.4 Å². The standard InChI is InChI=1S/C10H11F5N2O2/c1-5(2)17-7(6(19-3)4-16-17)8(18)9(11,12)10(13,14)15/h4-5H,1-3H3. The molecule has 1 aromatic rings. The van der Waals surface area contributed by atoms with Crippen molar-refractivity contribution in [2.75, 3.05) is 7.11 Å². The molecule has 0 saturated heterocycles. The van der Waals surface area contributed by atoms with Gasteiger partial charge in [0.05, 0.1) is 13.3 Å². The summed E-state index contributed by atoms with van der Waals surface area (Å²) in [6.07, 6.45) is -5.05. The molecular weight excluding hydrogens is 275 g/mol. The minimum Gasteiger partial charge on any atom is -0.493 e. The second-order valence-electron chi connectivity index (χ2n) is 4.00. The molecule has 0 aliphatic heterocycles. The van der Waals surface area contributed by atoms with Gasteiger partial charge in [-0.15, -0.1) is 0 Å². The van der Waals surface area contributed by atoms with E-state index in [9.17, 15) is 26.7 Å². The van der Waals surface area contributed by atoms with Crippen molar-refractivity contribution in [2.45, 2.75) is 32.0 Å². The lowest BCUT2D eigenvalue weighted by Crippen LogP contribution is -2.45. The van der Waals surface area contributed by atoms with E-state index in [4.69, 9.17) is 0 Å². The summed E-state index contributed by atoms with van der Waals surface area (Å²) in [6, 6.07) is -0.577. The number of ketones is 1. The molecule has 1 heterocycles. The zero-order valence-electron chi connectivity index (χ0n) is 10.3. The van der Waals surface area contributed by atoms with E-state index in [1.54, 1.807) is 0 Å². The number of rotatable bonds is 4. The Balaban J connectivity index is 3.37. The van der Waals surface area contributed by atoms with Crippen LogP contribution in [0.15, 0.2) is 6.20 Å². The van der Waals surface area contributed by atoms with Crippen molar-refractivity contribution in [2.24, 2.45) is 0 Å². The molecule has 0 radical (unpaired) electrons. The molecule has 19 heavy (non-hydrogen) atoms. The Morgan fingerprint density at radius 2 is 1.84 bits per heavy atom. The van der Waals surface area contributed by atoms with E-state index in [1.165, 1.54) is 13.8 Å². The molecule has 0 spiro atoms. The second-order valence-corrected chi connectivity index (χ2v) is 4.00. The third kappa shape index (κ3) is 2.54. The number of aromatic nitrogens is 2. The van der Waals surface area contributed by atoms with Crippen LogP contribution in [-0.4, -0.2) is 34.8 Å². The van der Waals surface area contributed by atoms with Gasteiger partial charge >= 0.3 is 12.1 Å². The molecule has 4 nitrogen and oxygen atoms in total. The summed E-state index contributed by atoms with van der Waals surface area (Å²) >= 11 is 0. The number of alkyl halides is 5. The summed E-state index contributed by atoms with van der Waals surface area (Å²) in [6.45, 7) is 2.96. The second kappa shape index (κ2) is 4.78. The van der Waals surface area contributed by atoms with Crippen molar-refractivity contribution >= 4 is 5.78 Å². The molecule has 0 N–H and O–H groups in total. The van der Waals surface area contributed by atoms with Gasteiger partial charge in [-0.3, -0.25) is 9.48 Å². The molecule has 0 aromatic carbocycles. The molecule has 108 valence electrons. The van der Waals surface area contributed by atoms with Crippen LogP contribution in [0.3, 0.4) is 0 Å². The Morgan fingerprint density at radius 1 is 1.32 bits per heavy atom. The van der Waals surface area contributed by atoms with Crippen LogP contribution in [0, 0.1) is 0 Å². The fourth-order valence-corrected chi connectivity index (χ4v) is 1.38. The molecule has 0 bridgehead atoms. The minimum absolute atomic E-state index is 0.428.